The van der Waals surface area contributed by atoms with Gasteiger partial charge in [0.15, 0.2) is 0 Å². The number of pyridine rings is 2. The fraction of sp³-hybridized carbons (Fsp3) is 0.167. The monoisotopic (exact) mass is 534 g/mol. The SMILES string of the molecule is NNC(=O)c1cc(-c2ccc(C#Cc3ccc(NC(=O)N4CCCCC4C(=O)O)cc3)cc2)nc2ccncc12. The van der Waals surface area contributed by atoms with Gasteiger partial charge in [0.25, 0.3) is 5.91 Å². The molecule has 1 aliphatic heterocycles. The number of fused-ring (bicyclic) bond motifs is 1. The summed E-state index contributed by atoms with van der Waals surface area (Å²) in [5.74, 6) is 10.2. The fourth-order valence-corrected chi connectivity index (χ4v) is 4.61. The lowest BCUT2D eigenvalue weighted by Gasteiger charge is -2.32. The zero-order valence-electron chi connectivity index (χ0n) is 21.4. The minimum Gasteiger partial charge on any atom is -0.480 e. The van der Waals surface area contributed by atoms with Gasteiger partial charge in [0.1, 0.15) is 6.04 Å². The van der Waals surface area contributed by atoms with E-state index in [1.807, 2.05) is 24.3 Å². The Morgan fingerprint density at radius 1 is 0.975 bits per heavy atom. The largest absolute Gasteiger partial charge is 0.480 e. The molecule has 2 aromatic carbocycles. The number of nitrogens with zero attached hydrogens (tertiary/aromatic N) is 3. The third-order valence-electron chi connectivity index (χ3n) is 6.70. The van der Waals surface area contributed by atoms with Crippen molar-refractivity contribution < 1.29 is 19.5 Å². The van der Waals surface area contributed by atoms with Crippen LogP contribution >= 0.6 is 0 Å². The number of hydrogen-bond acceptors (Lipinski definition) is 6. The van der Waals surface area contributed by atoms with E-state index in [0.717, 1.165) is 29.5 Å². The van der Waals surface area contributed by atoms with E-state index < -0.39 is 23.9 Å². The standard InChI is InChI=1S/C30H26N6O4/c31-35-28(37)23-17-26(34-25-14-15-32-18-24(23)25)21-10-6-19(7-11-21)4-5-20-8-12-22(13-9-20)33-30(40)36-16-2-1-3-27(36)29(38)39/h6-15,17-18,27H,1-3,16,31H2,(H,33,40)(H,35,37)(H,38,39). The maximum absolute atomic E-state index is 12.6. The van der Waals surface area contributed by atoms with Crippen molar-refractivity contribution in [1.82, 2.24) is 20.3 Å². The van der Waals surface area contributed by atoms with Gasteiger partial charge in [0, 0.05) is 46.7 Å². The Balaban J connectivity index is 1.28. The van der Waals surface area contributed by atoms with Gasteiger partial charge in [0.2, 0.25) is 0 Å². The summed E-state index contributed by atoms with van der Waals surface area (Å²) in [6, 6.07) is 16.8. The highest BCUT2D eigenvalue weighted by molar-refractivity contribution is 6.06. The zero-order chi connectivity index (χ0) is 28.1. The zero-order valence-corrected chi connectivity index (χ0v) is 21.4. The smallest absolute Gasteiger partial charge is 0.326 e. The Bertz CT molecular complexity index is 1640. The number of carboxylic acid groups (broad SMARTS) is 1. The summed E-state index contributed by atoms with van der Waals surface area (Å²) < 4.78 is 0. The second-order valence-electron chi connectivity index (χ2n) is 9.30. The molecular weight excluding hydrogens is 508 g/mol. The molecule has 40 heavy (non-hydrogen) atoms. The van der Waals surface area contributed by atoms with E-state index >= 15 is 0 Å². The van der Waals surface area contributed by atoms with Crippen molar-refractivity contribution in [3.05, 3.63) is 89.7 Å². The number of piperidine rings is 1. The fourth-order valence-electron chi connectivity index (χ4n) is 4.61. The molecule has 3 heterocycles. The average molecular weight is 535 g/mol. The van der Waals surface area contributed by atoms with Crippen LogP contribution in [0.25, 0.3) is 22.2 Å². The molecule has 1 saturated heterocycles. The van der Waals surface area contributed by atoms with E-state index in [0.29, 0.717) is 40.8 Å². The molecule has 0 bridgehead atoms. The summed E-state index contributed by atoms with van der Waals surface area (Å²) in [6.07, 6.45) is 5.24. The first-order valence-electron chi connectivity index (χ1n) is 12.7. The van der Waals surface area contributed by atoms with Gasteiger partial charge in [-0.15, -0.1) is 0 Å². The van der Waals surface area contributed by atoms with Gasteiger partial charge >= 0.3 is 12.0 Å². The molecule has 0 radical (unpaired) electrons. The third kappa shape index (κ3) is 5.75. The van der Waals surface area contributed by atoms with Gasteiger partial charge in [-0.05, 0) is 67.8 Å². The lowest BCUT2D eigenvalue weighted by atomic mass is 10.0. The number of anilines is 1. The minimum atomic E-state index is -0.983. The van der Waals surface area contributed by atoms with E-state index in [-0.39, 0.29) is 0 Å². The van der Waals surface area contributed by atoms with Crippen molar-refractivity contribution in [1.29, 1.82) is 0 Å². The topological polar surface area (TPSA) is 151 Å². The Hall–Kier alpha value is -5.27. The lowest BCUT2D eigenvalue weighted by Crippen LogP contribution is -2.49. The summed E-state index contributed by atoms with van der Waals surface area (Å²) in [6.45, 7) is 0.420. The van der Waals surface area contributed by atoms with E-state index in [9.17, 15) is 19.5 Å². The maximum Gasteiger partial charge on any atom is 0.326 e. The molecule has 0 saturated carbocycles. The molecule has 0 spiro atoms. The molecule has 10 nitrogen and oxygen atoms in total. The molecule has 5 N–H and O–H groups in total. The molecule has 1 atom stereocenters. The number of aromatic nitrogens is 2. The number of urea groups is 1. The molecular formula is C30H26N6O4. The molecule has 1 aliphatic rings. The molecule has 1 fully saturated rings. The summed E-state index contributed by atoms with van der Waals surface area (Å²) in [5, 5.41) is 12.8. The number of carbonyl (C=O) groups is 3. The number of nitrogen functional groups attached to an aromatic ring is 1. The van der Waals surface area contributed by atoms with Crippen LogP contribution < -0.4 is 16.6 Å². The number of carbonyl (C=O) groups excluding carboxylic acids is 2. The molecule has 0 aliphatic carbocycles. The van der Waals surface area contributed by atoms with Crippen molar-refractivity contribution in [2.24, 2.45) is 5.84 Å². The summed E-state index contributed by atoms with van der Waals surface area (Å²) >= 11 is 0. The number of hydrazine groups is 1. The second kappa shape index (κ2) is 11.6. The number of nitrogens with one attached hydrogen (secondary N) is 2. The van der Waals surface area contributed by atoms with Crippen LogP contribution in [0.15, 0.2) is 73.1 Å². The number of hydrogen-bond donors (Lipinski definition) is 4. The second-order valence-corrected chi connectivity index (χ2v) is 9.30. The first-order valence-corrected chi connectivity index (χ1v) is 12.7. The van der Waals surface area contributed by atoms with Gasteiger partial charge < -0.3 is 15.3 Å². The summed E-state index contributed by atoms with van der Waals surface area (Å²) in [7, 11) is 0. The number of benzene rings is 2. The minimum absolute atomic E-state index is 0.386. The Morgan fingerprint density at radius 2 is 1.68 bits per heavy atom. The predicted molar refractivity (Wildman–Crippen MR) is 150 cm³/mol. The molecule has 3 amide bonds. The molecule has 1 unspecified atom stereocenters. The van der Waals surface area contributed by atoms with Gasteiger partial charge in [-0.1, -0.05) is 24.0 Å². The van der Waals surface area contributed by atoms with E-state index in [1.165, 1.54) is 4.90 Å². The molecule has 4 aromatic rings. The highest BCUT2D eigenvalue weighted by atomic mass is 16.4. The van der Waals surface area contributed by atoms with Crippen LogP contribution in [0.3, 0.4) is 0 Å². The van der Waals surface area contributed by atoms with Crippen molar-refractivity contribution in [2.45, 2.75) is 25.3 Å². The highest BCUT2D eigenvalue weighted by Gasteiger charge is 2.31. The van der Waals surface area contributed by atoms with Crippen LogP contribution in [0.1, 0.15) is 40.7 Å². The van der Waals surface area contributed by atoms with Crippen molar-refractivity contribution in [3.8, 4) is 23.1 Å². The maximum atomic E-state index is 12.6. The third-order valence-corrected chi connectivity index (χ3v) is 6.70. The number of likely N-dealkylation sites (tertiary alicyclic amines) is 1. The van der Waals surface area contributed by atoms with Crippen LogP contribution in [-0.4, -0.2) is 50.5 Å². The number of rotatable bonds is 4. The van der Waals surface area contributed by atoms with Gasteiger partial charge in [-0.3, -0.25) is 15.2 Å². The Labute approximate surface area is 230 Å². The van der Waals surface area contributed by atoms with Crippen molar-refractivity contribution in [3.63, 3.8) is 0 Å². The summed E-state index contributed by atoms with van der Waals surface area (Å²) in [5.41, 5.74) is 6.73. The van der Waals surface area contributed by atoms with E-state index in [4.69, 9.17) is 5.84 Å². The Morgan fingerprint density at radius 3 is 2.35 bits per heavy atom. The number of nitrogens with two attached hydrogens (primary N) is 1. The van der Waals surface area contributed by atoms with Crippen molar-refractivity contribution in [2.75, 3.05) is 11.9 Å². The molecule has 200 valence electrons. The van der Waals surface area contributed by atoms with Crippen molar-refractivity contribution >= 4 is 34.5 Å². The number of carboxylic acids is 1. The molecule has 10 heteroatoms. The lowest BCUT2D eigenvalue weighted by molar-refractivity contribution is -0.143. The normalized spacial score (nSPS) is 14.6. The molecule has 2 aromatic heterocycles. The Kier molecular flexibility index (Phi) is 7.66. The van der Waals surface area contributed by atoms with Crippen LogP contribution in [0.5, 0.6) is 0 Å². The van der Waals surface area contributed by atoms with Crippen LogP contribution in [-0.2, 0) is 4.79 Å². The van der Waals surface area contributed by atoms with E-state index in [1.54, 1.807) is 48.8 Å². The number of amides is 3. The van der Waals surface area contributed by atoms with Crippen LogP contribution in [0, 0.1) is 11.8 Å². The molecule has 5 rings (SSSR count). The summed E-state index contributed by atoms with van der Waals surface area (Å²) in [4.78, 5) is 46.5. The predicted octanol–water partition coefficient (Wildman–Crippen LogP) is 3.77. The van der Waals surface area contributed by atoms with Crippen LogP contribution in [0.2, 0.25) is 0 Å². The van der Waals surface area contributed by atoms with Gasteiger partial charge in [-0.2, -0.15) is 0 Å². The highest BCUT2D eigenvalue weighted by Crippen LogP contribution is 2.25. The van der Waals surface area contributed by atoms with E-state index in [2.05, 4.69) is 32.6 Å². The first kappa shape index (κ1) is 26.3. The number of aliphatic carboxylic acids is 1. The quantitative estimate of drug-likeness (QED) is 0.135. The average Bonchev–Trinajstić information content (AvgIpc) is 3.00. The first-order chi connectivity index (χ1) is 19.4. The van der Waals surface area contributed by atoms with Gasteiger partial charge in [-0.25, -0.2) is 20.4 Å². The van der Waals surface area contributed by atoms with Crippen LogP contribution in [0.4, 0.5) is 10.5 Å². The van der Waals surface area contributed by atoms with Gasteiger partial charge in [0.05, 0.1) is 16.8 Å².